The zero-order valence-corrected chi connectivity index (χ0v) is 36.6. The zero-order chi connectivity index (χ0) is 44.8. The number of halogens is 1. The maximum absolute atomic E-state index is 13.6. The molecule has 3 aliphatic rings. The van der Waals surface area contributed by atoms with E-state index in [1.807, 2.05) is 30.3 Å². The van der Waals surface area contributed by atoms with Crippen LogP contribution in [-0.4, -0.2) is 152 Å². The highest BCUT2D eigenvalue weighted by Crippen LogP contribution is 2.34. The van der Waals surface area contributed by atoms with E-state index in [9.17, 15) is 9.59 Å². The van der Waals surface area contributed by atoms with E-state index in [0.29, 0.717) is 69.6 Å². The summed E-state index contributed by atoms with van der Waals surface area (Å²) in [7, 11) is 1.68. The lowest BCUT2D eigenvalue weighted by atomic mass is 9.93. The van der Waals surface area contributed by atoms with Crippen molar-refractivity contribution >= 4 is 29.5 Å². The Bertz CT molecular complexity index is 1620. The molecule has 1 saturated carbocycles. The van der Waals surface area contributed by atoms with Gasteiger partial charge in [-0.25, -0.2) is 9.59 Å². The second kappa shape index (κ2) is 27.5. The third-order valence-electron chi connectivity index (χ3n) is 10.8. The first-order valence-corrected chi connectivity index (χ1v) is 22.0. The van der Waals surface area contributed by atoms with Gasteiger partial charge in [0.1, 0.15) is 30.3 Å². The number of hydrogen-bond donors (Lipinski definition) is 4. The van der Waals surface area contributed by atoms with E-state index in [-0.39, 0.29) is 69.1 Å². The van der Waals surface area contributed by atoms with Gasteiger partial charge in [-0.15, -0.1) is 0 Å². The first-order chi connectivity index (χ1) is 30.6. The summed E-state index contributed by atoms with van der Waals surface area (Å²) in [5, 5.41) is 34.8. The summed E-state index contributed by atoms with van der Waals surface area (Å²) < 4.78 is 48.0. The molecule has 63 heavy (non-hydrogen) atoms. The predicted molar refractivity (Wildman–Crippen MR) is 222 cm³/mol. The van der Waals surface area contributed by atoms with Gasteiger partial charge in [0.25, 0.3) is 0 Å². The Balaban J connectivity index is 1.29. The fraction of sp³-hybridized carbons (Fsp3) is 0.667. The fourth-order valence-corrected chi connectivity index (χ4v) is 7.73. The van der Waals surface area contributed by atoms with Crippen molar-refractivity contribution in [2.24, 2.45) is 0 Å². The number of unbranched alkanes of at least 4 members (excludes halogenated alkanes) is 4. The maximum Gasteiger partial charge on any atom is 0.508 e. The molecule has 0 radical (unpaired) electrons. The van der Waals surface area contributed by atoms with Gasteiger partial charge >= 0.3 is 12.2 Å². The number of hydrogen-bond acceptors (Lipinski definition) is 19. The summed E-state index contributed by atoms with van der Waals surface area (Å²) in [5.74, 6) is 1.52. The van der Waals surface area contributed by atoms with Crippen LogP contribution in [0.5, 0.6) is 11.5 Å². The van der Waals surface area contributed by atoms with E-state index in [0.717, 1.165) is 55.1 Å². The van der Waals surface area contributed by atoms with E-state index in [1.165, 1.54) is 4.90 Å². The maximum atomic E-state index is 13.6. The Morgan fingerprint density at radius 1 is 0.778 bits per heavy atom. The van der Waals surface area contributed by atoms with Gasteiger partial charge in [0.2, 0.25) is 0 Å². The van der Waals surface area contributed by atoms with E-state index in [2.05, 4.69) is 14.6 Å². The third-order valence-corrected chi connectivity index (χ3v) is 11.0. The third kappa shape index (κ3) is 18.0. The standard InChI is InChI=1S/C42H63ClN4O16/c1-54-21-8-19-44-20-26-55-37-18-9-31(27-36(37)44)30-58-38-28-45(41(48)56-22-4-2-6-24-59-46(50)51)29-39(63-42(49)57-23-5-3-7-25-60-47(52)53)40(38)62-35-16-14-34(15-17-35)61-33-12-10-32(43)11-13-33/h9-13,18,27,34-35,38-40,50-53H,2-8,14-17,19-26,28-30H2,1H3. The topological polar surface area (TPSA) is 220 Å². The monoisotopic (exact) mass is 914 g/mol. The number of fused-ring (bicyclic) bond motifs is 1. The van der Waals surface area contributed by atoms with Crippen molar-refractivity contribution in [3.05, 3.63) is 53.1 Å². The predicted octanol–water partition coefficient (Wildman–Crippen LogP) is 6.57. The largest absolute Gasteiger partial charge is 0.508 e. The van der Waals surface area contributed by atoms with Crippen LogP contribution in [0.25, 0.3) is 0 Å². The second-order valence-electron chi connectivity index (χ2n) is 15.5. The normalized spacial score (nSPS) is 21.2. The number of anilines is 1. The molecule has 3 unspecified atom stereocenters. The highest BCUT2D eigenvalue weighted by molar-refractivity contribution is 6.30. The van der Waals surface area contributed by atoms with Crippen LogP contribution >= 0.6 is 11.6 Å². The summed E-state index contributed by atoms with van der Waals surface area (Å²) in [6, 6.07) is 13.2. The van der Waals surface area contributed by atoms with Crippen LogP contribution in [0, 0.1) is 0 Å². The van der Waals surface area contributed by atoms with Crippen molar-refractivity contribution in [1.82, 2.24) is 15.7 Å². The molecule has 5 rings (SSSR count). The Hall–Kier alpha value is -3.77. The molecule has 354 valence electrons. The average Bonchev–Trinajstić information content (AvgIpc) is 3.27. The van der Waals surface area contributed by atoms with Gasteiger partial charge in [-0.05, 0) is 113 Å². The van der Waals surface area contributed by atoms with Gasteiger partial charge in [0.15, 0.2) is 6.10 Å². The molecular formula is C42H63ClN4O16. The van der Waals surface area contributed by atoms with Gasteiger partial charge in [-0.2, -0.15) is 0 Å². The molecule has 2 aromatic carbocycles. The molecule has 2 aromatic rings. The van der Waals surface area contributed by atoms with Crippen molar-refractivity contribution in [3.63, 3.8) is 0 Å². The van der Waals surface area contributed by atoms with Crippen molar-refractivity contribution in [2.75, 3.05) is 77.8 Å². The molecule has 20 nitrogen and oxygen atoms in total. The zero-order valence-electron chi connectivity index (χ0n) is 35.8. The minimum Gasteiger partial charge on any atom is -0.490 e. The van der Waals surface area contributed by atoms with Crippen LogP contribution in [0.15, 0.2) is 42.5 Å². The van der Waals surface area contributed by atoms with Crippen molar-refractivity contribution in [2.45, 2.75) is 108 Å². The van der Waals surface area contributed by atoms with Crippen LogP contribution in [0.3, 0.4) is 0 Å². The summed E-state index contributed by atoms with van der Waals surface area (Å²) >= 11 is 6.07. The number of nitrogens with zero attached hydrogens (tertiary/aromatic N) is 4. The summed E-state index contributed by atoms with van der Waals surface area (Å²) in [6.45, 7) is 3.20. The lowest BCUT2D eigenvalue weighted by Crippen LogP contribution is -2.60. The van der Waals surface area contributed by atoms with E-state index in [1.54, 1.807) is 19.2 Å². The number of likely N-dealkylation sites (tertiary alicyclic amines) is 1. The minimum atomic E-state index is -0.995. The SMILES string of the molecule is COCCCN1CCOc2ccc(COC3CN(C(=O)OCCCCCON(O)O)CC(OC(=O)OCCCCCON(O)O)C3OC3CCC(Oc4ccc(Cl)cc4)CC3)cc21. The number of amides is 1. The van der Waals surface area contributed by atoms with Crippen LogP contribution < -0.4 is 14.4 Å². The molecule has 2 heterocycles. The molecule has 2 fully saturated rings. The Morgan fingerprint density at radius 2 is 1.43 bits per heavy atom. The molecule has 0 bridgehead atoms. The summed E-state index contributed by atoms with van der Waals surface area (Å²) in [6.07, 6.45) is 2.39. The summed E-state index contributed by atoms with van der Waals surface area (Å²) in [4.78, 5) is 39.7. The van der Waals surface area contributed by atoms with E-state index < -0.39 is 30.6 Å². The van der Waals surface area contributed by atoms with Crippen LogP contribution in [0.2, 0.25) is 5.02 Å². The number of carbonyl (C=O) groups is 2. The molecule has 0 aromatic heterocycles. The molecule has 3 atom stereocenters. The van der Waals surface area contributed by atoms with E-state index >= 15 is 0 Å². The molecular weight excluding hydrogens is 852 g/mol. The number of ether oxygens (including phenoxy) is 8. The quantitative estimate of drug-likeness (QED) is 0.0445. The van der Waals surface area contributed by atoms with Crippen molar-refractivity contribution < 1.29 is 78.0 Å². The van der Waals surface area contributed by atoms with Crippen LogP contribution in [0.1, 0.15) is 76.2 Å². The van der Waals surface area contributed by atoms with Gasteiger partial charge in [0.05, 0.1) is 81.3 Å². The smallest absolute Gasteiger partial charge is 0.490 e. The van der Waals surface area contributed by atoms with Crippen LogP contribution in [0.4, 0.5) is 15.3 Å². The number of carbonyl (C=O) groups excluding carboxylic acids is 2. The molecule has 1 aliphatic carbocycles. The lowest BCUT2D eigenvalue weighted by molar-refractivity contribution is -0.492. The number of piperidine rings is 1. The summed E-state index contributed by atoms with van der Waals surface area (Å²) in [5.41, 5.74) is 1.83. The fourth-order valence-electron chi connectivity index (χ4n) is 7.61. The highest BCUT2D eigenvalue weighted by Gasteiger charge is 2.45. The molecule has 21 heteroatoms. The van der Waals surface area contributed by atoms with Gasteiger partial charge < -0.3 is 47.7 Å². The first-order valence-electron chi connectivity index (χ1n) is 21.6. The Morgan fingerprint density at radius 3 is 2.11 bits per heavy atom. The number of benzene rings is 2. The minimum absolute atomic E-state index is 0.0249. The van der Waals surface area contributed by atoms with Crippen molar-refractivity contribution in [3.8, 4) is 11.5 Å². The molecule has 1 saturated heterocycles. The molecule has 0 spiro atoms. The van der Waals surface area contributed by atoms with E-state index in [4.69, 9.17) is 70.3 Å². The highest BCUT2D eigenvalue weighted by atomic mass is 35.5. The second-order valence-corrected chi connectivity index (χ2v) is 15.9. The first kappa shape index (κ1) is 50.2. The van der Waals surface area contributed by atoms with Gasteiger partial charge in [-0.1, -0.05) is 17.7 Å². The Kier molecular flexibility index (Phi) is 22.0. The molecule has 4 N–H and O–H groups in total. The number of rotatable bonds is 26. The lowest BCUT2D eigenvalue weighted by Gasteiger charge is -2.43. The average molecular weight is 915 g/mol. The van der Waals surface area contributed by atoms with Crippen molar-refractivity contribution in [1.29, 1.82) is 0 Å². The van der Waals surface area contributed by atoms with Crippen LogP contribution in [-0.2, 0) is 44.7 Å². The van der Waals surface area contributed by atoms with Gasteiger partial charge in [0, 0.05) is 25.3 Å². The number of methoxy groups -OCH3 is 1. The Labute approximate surface area is 372 Å². The molecule has 1 amide bonds. The van der Waals surface area contributed by atoms with Gasteiger partial charge in [-0.3, -0.25) is 30.5 Å². The molecule has 2 aliphatic heterocycles.